The molecule has 0 radical (unpaired) electrons. The number of benzene rings is 1. The minimum Gasteiger partial charge on any atom is -0.0907 e. The molecule has 0 unspecified atom stereocenters. The van der Waals surface area contributed by atoms with Gasteiger partial charge in [0, 0.05) is 9.80 Å². The van der Waals surface area contributed by atoms with Crippen LogP contribution in [-0.2, 0) is 12.6 Å². The van der Waals surface area contributed by atoms with Crippen LogP contribution in [0.15, 0.2) is 70.3 Å². The number of allylic oxidation sites excluding steroid dienone is 2. The molecule has 0 aromatic heterocycles. The summed E-state index contributed by atoms with van der Waals surface area (Å²) >= 11 is 4.95. The molecular weight excluding hydrogens is 208 g/mol. The highest BCUT2D eigenvalue weighted by Crippen LogP contribution is 2.25. The van der Waals surface area contributed by atoms with Crippen molar-refractivity contribution in [3.8, 4) is 0 Å². The Balaban J connectivity index is 2.54. The van der Waals surface area contributed by atoms with E-state index in [0.29, 0.717) is 0 Å². The second kappa shape index (κ2) is 5.78. The second-order valence-electron chi connectivity index (χ2n) is 2.74. The van der Waals surface area contributed by atoms with Gasteiger partial charge in [-0.2, -0.15) is 0 Å². The maximum atomic E-state index is 3.94. The summed E-state index contributed by atoms with van der Waals surface area (Å²) < 4.78 is 0. The molecule has 0 atom stereocenters. The zero-order chi connectivity index (χ0) is 10.4. The van der Waals surface area contributed by atoms with E-state index in [0.717, 1.165) is 9.81 Å². The Morgan fingerprint density at radius 2 is 1.79 bits per heavy atom. The normalized spacial score (nSPS) is 10.4. The van der Waals surface area contributed by atoms with Crippen molar-refractivity contribution in [1.29, 1.82) is 0 Å². The summed E-state index contributed by atoms with van der Waals surface area (Å²) in [4.78, 5) is 3.04. The molecule has 14 heavy (non-hydrogen) atoms. The average molecular weight is 221 g/mol. The number of hydrogen-bond donors (Lipinski definition) is 0. The Kier molecular flexibility index (Phi) is 4.63. The van der Waals surface area contributed by atoms with Crippen LogP contribution in [0.2, 0.25) is 0 Å². The lowest BCUT2D eigenvalue weighted by atomic mass is 10.4. The fourth-order valence-corrected chi connectivity index (χ4v) is 1.68. The fraction of sp³-hybridized carbons (Fsp3) is 0. The smallest absolute Gasteiger partial charge is 0.0907 e. The first kappa shape index (κ1) is 11.2. The molecular formula is C12H13S2+. The van der Waals surface area contributed by atoms with Gasteiger partial charge in [-0.3, -0.25) is 0 Å². The molecule has 0 aliphatic carbocycles. The van der Waals surface area contributed by atoms with Crippen LogP contribution >= 0.6 is 11.8 Å². The van der Waals surface area contributed by atoms with E-state index in [1.807, 2.05) is 30.4 Å². The summed E-state index contributed by atoms with van der Waals surface area (Å²) in [6.45, 7) is 7.65. The molecule has 0 spiro atoms. The molecule has 0 saturated carbocycles. The zero-order valence-electron chi connectivity index (χ0n) is 7.86. The third kappa shape index (κ3) is 4.40. The first-order valence-electron chi connectivity index (χ1n) is 4.19. The molecule has 1 aromatic rings. The van der Waals surface area contributed by atoms with Gasteiger partial charge in [-0.25, -0.2) is 0 Å². The molecule has 0 bridgehead atoms. The molecule has 1 rings (SSSR count). The van der Waals surface area contributed by atoms with Gasteiger partial charge in [0.15, 0.2) is 0 Å². The van der Waals surface area contributed by atoms with Crippen molar-refractivity contribution in [2.75, 3.05) is 0 Å². The van der Waals surface area contributed by atoms with Crippen LogP contribution in [0, 0.1) is 0 Å². The summed E-state index contributed by atoms with van der Waals surface area (Å²) in [5.41, 5.74) is 0. The highest BCUT2D eigenvalue weighted by Gasteiger charge is 1.93. The van der Waals surface area contributed by atoms with Crippen LogP contribution in [0.5, 0.6) is 0 Å². The van der Waals surface area contributed by atoms with Crippen molar-refractivity contribution in [3.63, 3.8) is 0 Å². The number of rotatable bonds is 4. The van der Waals surface area contributed by atoms with Gasteiger partial charge in [0.25, 0.3) is 0 Å². The van der Waals surface area contributed by atoms with Crippen LogP contribution < -0.4 is 0 Å². The van der Waals surface area contributed by atoms with Crippen LogP contribution in [0.25, 0.3) is 0 Å². The first-order valence-corrected chi connectivity index (χ1v) is 5.50. The van der Waals surface area contributed by atoms with Crippen molar-refractivity contribution in [2.45, 2.75) is 4.90 Å². The van der Waals surface area contributed by atoms with Gasteiger partial charge in [0.1, 0.15) is 4.91 Å². The van der Waals surface area contributed by atoms with Gasteiger partial charge in [-0.05, 0) is 43.5 Å². The fourth-order valence-electron chi connectivity index (χ4n) is 0.867. The lowest BCUT2D eigenvalue weighted by Gasteiger charge is -1.98. The average Bonchev–Trinajstić information content (AvgIpc) is 2.16. The molecule has 0 N–H and O–H groups in total. The van der Waals surface area contributed by atoms with E-state index >= 15 is 0 Å². The molecule has 0 aliphatic heterocycles. The molecule has 0 heterocycles. The second-order valence-corrected chi connectivity index (χ2v) is 4.58. The van der Waals surface area contributed by atoms with Crippen molar-refractivity contribution < 1.29 is 0 Å². The summed E-state index contributed by atoms with van der Waals surface area (Å²) in [7, 11) is 0. The lowest BCUT2D eigenvalue weighted by molar-refractivity contribution is 1.47. The third-order valence-electron chi connectivity index (χ3n) is 1.46. The molecule has 0 nitrogen and oxygen atoms in total. The number of thioether (sulfide) groups is 1. The van der Waals surface area contributed by atoms with E-state index in [2.05, 4.69) is 37.9 Å². The Hall–Kier alpha value is -0.860. The molecule has 72 valence electrons. The molecule has 0 fully saturated rings. The standard InChI is InChI=1S/C12H12S2/c1-10(13)8-9-11(2)14-12-6-4-3-5-7-12/h3-9,13H,1-2H2/p+1/b9-8-. The van der Waals surface area contributed by atoms with E-state index in [9.17, 15) is 0 Å². The summed E-state index contributed by atoms with van der Waals surface area (Å²) in [6, 6.07) is 10.2. The van der Waals surface area contributed by atoms with Gasteiger partial charge < -0.3 is 0 Å². The van der Waals surface area contributed by atoms with Crippen LogP contribution in [0.3, 0.4) is 0 Å². The highest BCUT2D eigenvalue weighted by atomic mass is 32.2. The Morgan fingerprint density at radius 1 is 1.14 bits per heavy atom. The van der Waals surface area contributed by atoms with Crippen molar-refractivity contribution in [3.05, 3.63) is 65.5 Å². The zero-order valence-corrected chi connectivity index (χ0v) is 9.68. The van der Waals surface area contributed by atoms with E-state index in [-0.39, 0.29) is 0 Å². The van der Waals surface area contributed by atoms with E-state index in [4.69, 9.17) is 0 Å². The van der Waals surface area contributed by atoms with E-state index in [1.54, 1.807) is 11.8 Å². The van der Waals surface area contributed by atoms with Gasteiger partial charge >= 0.3 is 0 Å². The molecule has 1 aromatic carbocycles. The minimum atomic E-state index is 0.847. The maximum absolute atomic E-state index is 3.94. The van der Waals surface area contributed by atoms with Crippen molar-refractivity contribution in [1.82, 2.24) is 0 Å². The van der Waals surface area contributed by atoms with E-state index in [1.165, 1.54) is 4.90 Å². The SMILES string of the molecule is C=C([SH2+])/C=C\C(=C)Sc1ccccc1. The maximum Gasteiger partial charge on any atom is 0.143 e. The Labute approximate surface area is 94.8 Å². The van der Waals surface area contributed by atoms with Gasteiger partial charge in [-0.1, -0.05) is 36.5 Å². The predicted molar refractivity (Wildman–Crippen MR) is 69.9 cm³/mol. The Morgan fingerprint density at radius 3 is 2.36 bits per heavy atom. The molecule has 0 amide bonds. The summed E-state index contributed by atoms with van der Waals surface area (Å²) in [6.07, 6.45) is 3.82. The topological polar surface area (TPSA) is 0 Å². The van der Waals surface area contributed by atoms with E-state index < -0.39 is 0 Å². The summed E-state index contributed by atoms with van der Waals surface area (Å²) in [5.74, 6) is 0. The van der Waals surface area contributed by atoms with Crippen molar-refractivity contribution >= 4 is 24.4 Å². The molecule has 0 saturated heterocycles. The van der Waals surface area contributed by atoms with Crippen LogP contribution in [-0.4, -0.2) is 0 Å². The van der Waals surface area contributed by atoms with Gasteiger partial charge in [-0.15, -0.1) is 0 Å². The quantitative estimate of drug-likeness (QED) is 0.427. The Bertz CT molecular complexity index is 350. The lowest BCUT2D eigenvalue weighted by Crippen LogP contribution is -1.71. The largest absolute Gasteiger partial charge is 0.143 e. The molecule has 2 heteroatoms. The van der Waals surface area contributed by atoms with Gasteiger partial charge in [0.05, 0.1) is 0 Å². The van der Waals surface area contributed by atoms with Crippen molar-refractivity contribution in [2.24, 2.45) is 0 Å². The third-order valence-corrected chi connectivity index (χ3v) is 2.54. The summed E-state index contributed by atoms with van der Waals surface area (Å²) in [5, 5.41) is 0. The minimum absolute atomic E-state index is 0.847. The highest BCUT2D eigenvalue weighted by molar-refractivity contribution is 8.03. The van der Waals surface area contributed by atoms with Crippen LogP contribution in [0.4, 0.5) is 0 Å². The first-order chi connectivity index (χ1) is 6.68. The van der Waals surface area contributed by atoms with Gasteiger partial charge in [0.2, 0.25) is 0 Å². The van der Waals surface area contributed by atoms with Crippen LogP contribution in [0.1, 0.15) is 0 Å². The predicted octanol–water partition coefficient (Wildman–Crippen LogP) is 3.37. The number of hydrogen-bond acceptors (Lipinski definition) is 1. The monoisotopic (exact) mass is 221 g/mol. The molecule has 0 aliphatic rings.